The summed E-state index contributed by atoms with van der Waals surface area (Å²) in [6, 6.07) is 1.03. The molecule has 66 valence electrons. The molecule has 0 unspecified atom stereocenters. The van der Waals surface area contributed by atoms with E-state index in [9.17, 15) is 8.78 Å². The maximum atomic E-state index is 12.8. The third-order valence-corrected chi connectivity index (χ3v) is 1.89. The molecule has 5 heteroatoms. The van der Waals surface area contributed by atoms with Gasteiger partial charge in [-0.3, -0.25) is 0 Å². The highest BCUT2D eigenvalue weighted by atomic mass is 79.9. The monoisotopic (exact) mass is 238 g/mol. The molecule has 0 amide bonds. The first-order valence-corrected chi connectivity index (χ1v) is 3.77. The van der Waals surface area contributed by atoms with E-state index in [1.165, 1.54) is 7.11 Å². The number of hydrogen-bond acceptors (Lipinski definition) is 2. The Bertz CT molecular complexity index is 315. The van der Waals surface area contributed by atoms with Gasteiger partial charge in [0.15, 0.2) is 11.5 Å². The molecule has 1 aromatic carbocycles. The molecule has 0 heterocycles. The van der Waals surface area contributed by atoms with Crippen molar-refractivity contribution in [3.63, 3.8) is 0 Å². The van der Waals surface area contributed by atoms with Crippen LogP contribution in [0.5, 0.6) is 11.5 Å². The molecule has 0 aromatic heterocycles. The lowest BCUT2D eigenvalue weighted by Gasteiger charge is -2.05. The van der Waals surface area contributed by atoms with Gasteiger partial charge in [0.1, 0.15) is 0 Å². The summed E-state index contributed by atoms with van der Waals surface area (Å²) >= 11 is 2.90. The molecule has 0 bridgehead atoms. The maximum Gasteiger partial charge on any atom is 0.205 e. The zero-order chi connectivity index (χ0) is 9.30. The van der Waals surface area contributed by atoms with Gasteiger partial charge in [0, 0.05) is 6.07 Å². The van der Waals surface area contributed by atoms with Gasteiger partial charge in [-0.15, -0.1) is 0 Å². The highest BCUT2D eigenvalue weighted by Gasteiger charge is 2.17. The van der Waals surface area contributed by atoms with Crippen molar-refractivity contribution in [3.05, 3.63) is 22.2 Å². The summed E-state index contributed by atoms with van der Waals surface area (Å²) in [5.74, 6) is -3.52. The zero-order valence-corrected chi connectivity index (χ0v) is 7.65. The molecule has 1 aromatic rings. The van der Waals surface area contributed by atoms with Crippen molar-refractivity contribution in [2.75, 3.05) is 7.11 Å². The van der Waals surface area contributed by atoms with Crippen molar-refractivity contribution in [1.29, 1.82) is 0 Å². The topological polar surface area (TPSA) is 29.5 Å². The van der Waals surface area contributed by atoms with E-state index in [0.29, 0.717) is 0 Å². The van der Waals surface area contributed by atoms with Crippen LogP contribution < -0.4 is 4.74 Å². The number of benzene rings is 1. The van der Waals surface area contributed by atoms with E-state index in [1.807, 2.05) is 0 Å². The van der Waals surface area contributed by atoms with Crippen molar-refractivity contribution in [2.45, 2.75) is 0 Å². The summed E-state index contributed by atoms with van der Waals surface area (Å²) in [4.78, 5) is 0. The summed E-state index contributed by atoms with van der Waals surface area (Å²) in [7, 11) is 1.21. The van der Waals surface area contributed by atoms with Crippen molar-refractivity contribution in [1.82, 2.24) is 0 Å². The predicted octanol–water partition coefficient (Wildman–Crippen LogP) is 2.44. The van der Waals surface area contributed by atoms with Gasteiger partial charge < -0.3 is 9.84 Å². The summed E-state index contributed by atoms with van der Waals surface area (Å²) in [5.41, 5.74) is 0. The Kier molecular flexibility index (Phi) is 2.52. The van der Waals surface area contributed by atoms with Crippen LogP contribution in [-0.2, 0) is 0 Å². The average Bonchev–Trinajstić information content (AvgIpc) is 2.01. The van der Waals surface area contributed by atoms with Crippen LogP contribution in [0.2, 0.25) is 0 Å². The molecular formula is C7H5BrF2O2. The normalized spacial score (nSPS) is 10.0. The van der Waals surface area contributed by atoms with E-state index in [0.717, 1.165) is 6.07 Å². The first-order chi connectivity index (χ1) is 5.57. The third-order valence-electron chi connectivity index (χ3n) is 1.30. The molecular weight excluding hydrogens is 234 g/mol. The Balaban J connectivity index is 3.40. The van der Waals surface area contributed by atoms with Gasteiger partial charge in [0.25, 0.3) is 0 Å². The number of phenolic OH excluding ortho intramolecular Hbond substituents is 1. The van der Waals surface area contributed by atoms with Gasteiger partial charge >= 0.3 is 0 Å². The second kappa shape index (κ2) is 3.26. The van der Waals surface area contributed by atoms with Crippen LogP contribution in [0.4, 0.5) is 8.78 Å². The first kappa shape index (κ1) is 9.25. The number of phenols is 1. The molecule has 2 nitrogen and oxygen atoms in total. The van der Waals surface area contributed by atoms with E-state index in [2.05, 4.69) is 20.7 Å². The summed E-state index contributed by atoms with van der Waals surface area (Å²) in [6.45, 7) is 0. The van der Waals surface area contributed by atoms with Crippen LogP contribution >= 0.6 is 15.9 Å². The first-order valence-electron chi connectivity index (χ1n) is 2.98. The lowest BCUT2D eigenvalue weighted by atomic mass is 10.3. The predicted molar refractivity (Wildman–Crippen MR) is 42.3 cm³/mol. The van der Waals surface area contributed by atoms with Crippen LogP contribution in [0.25, 0.3) is 0 Å². The van der Waals surface area contributed by atoms with E-state index in [-0.39, 0.29) is 10.2 Å². The molecule has 0 saturated carbocycles. The maximum absolute atomic E-state index is 12.8. The number of aromatic hydroxyl groups is 1. The minimum Gasteiger partial charge on any atom is -0.505 e. The fourth-order valence-electron chi connectivity index (χ4n) is 0.753. The summed E-state index contributed by atoms with van der Waals surface area (Å²) < 4.78 is 30.2. The standard InChI is InChI=1S/C7H5BrF2O2/c1-12-7-3(8)2-4(11)5(9)6(7)10/h2,11H,1H3. The Hall–Kier alpha value is -0.840. The number of ether oxygens (including phenoxy) is 1. The molecule has 0 aliphatic carbocycles. The van der Waals surface area contributed by atoms with Gasteiger partial charge in [-0.1, -0.05) is 0 Å². The molecule has 0 aliphatic heterocycles. The fourth-order valence-corrected chi connectivity index (χ4v) is 1.31. The lowest BCUT2D eigenvalue weighted by molar-refractivity contribution is 0.352. The van der Waals surface area contributed by atoms with Crippen molar-refractivity contribution < 1.29 is 18.6 Å². The van der Waals surface area contributed by atoms with E-state index in [1.54, 1.807) is 0 Å². The van der Waals surface area contributed by atoms with Gasteiger partial charge in [0.05, 0.1) is 11.6 Å². The third kappa shape index (κ3) is 1.36. The van der Waals surface area contributed by atoms with Crippen molar-refractivity contribution in [3.8, 4) is 11.5 Å². The highest BCUT2D eigenvalue weighted by molar-refractivity contribution is 9.10. The number of methoxy groups -OCH3 is 1. The van der Waals surface area contributed by atoms with Gasteiger partial charge in [-0.05, 0) is 15.9 Å². The highest BCUT2D eigenvalue weighted by Crippen LogP contribution is 2.34. The van der Waals surface area contributed by atoms with Gasteiger partial charge in [-0.25, -0.2) is 0 Å². The molecule has 12 heavy (non-hydrogen) atoms. The Morgan fingerprint density at radius 3 is 2.50 bits per heavy atom. The Morgan fingerprint density at radius 1 is 1.42 bits per heavy atom. The minimum atomic E-state index is -1.31. The number of hydrogen-bond donors (Lipinski definition) is 1. The SMILES string of the molecule is COc1c(Br)cc(O)c(F)c1F. The zero-order valence-electron chi connectivity index (χ0n) is 6.07. The lowest BCUT2D eigenvalue weighted by Crippen LogP contribution is -1.93. The summed E-state index contributed by atoms with van der Waals surface area (Å²) in [5, 5.41) is 8.80. The number of rotatable bonds is 1. The van der Waals surface area contributed by atoms with Crippen LogP contribution in [0.1, 0.15) is 0 Å². The van der Waals surface area contributed by atoms with Crippen molar-refractivity contribution >= 4 is 15.9 Å². The van der Waals surface area contributed by atoms with Crippen LogP contribution in [0.15, 0.2) is 10.5 Å². The van der Waals surface area contributed by atoms with E-state index < -0.39 is 17.4 Å². The minimum absolute atomic E-state index is 0.168. The molecule has 1 rings (SSSR count). The molecule has 1 N–H and O–H groups in total. The number of halogens is 3. The molecule has 0 spiro atoms. The molecule has 0 aliphatic rings. The van der Waals surface area contributed by atoms with Gasteiger partial charge in [0.2, 0.25) is 11.6 Å². The van der Waals surface area contributed by atoms with Crippen LogP contribution in [0.3, 0.4) is 0 Å². The van der Waals surface area contributed by atoms with Crippen molar-refractivity contribution in [2.24, 2.45) is 0 Å². The van der Waals surface area contributed by atoms with E-state index in [4.69, 9.17) is 5.11 Å². The Morgan fingerprint density at radius 2 is 2.00 bits per heavy atom. The Labute approximate surface area is 75.9 Å². The van der Waals surface area contributed by atoms with Crippen LogP contribution in [0, 0.1) is 11.6 Å². The molecule has 0 atom stereocenters. The largest absolute Gasteiger partial charge is 0.505 e. The average molecular weight is 239 g/mol. The second-order valence-corrected chi connectivity index (χ2v) is 2.89. The smallest absolute Gasteiger partial charge is 0.205 e. The second-order valence-electron chi connectivity index (χ2n) is 2.04. The molecule has 0 saturated heterocycles. The van der Waals surface area contributed by atoms with Crippen LogP contribution in [-0.4, -0.2) is 12.2 Å². The quantitative estimate of drug-likeness (QED) is 0.762. The van der Waals surface area contributed by atoms with E-state index >= 15 is 0 Å². The fraction of sp³-hybridized carbons (Fsp3) is 0.143. The van der Waals surface area contributed by atoms with Gasteiger partial charge in [-0.2, -0.15) is 8.78 Å². The molecule has 0 fully saturated rings. The molecule has 0 radical (unpaired) electrons. The summed E-state index contributed by atoms with van der Waals surface area (Å²) in [6.07, 6.45) is 0.